The van der Waals surface area contributed by atoms with Crippen LogP contribution in [-0.4, -0.2) is 9.55 Å². The highest BCUT2D eigenvalue weighted by Gasteiger charge is 2.09. The van der Waals surface area contributed by atoms with Crippen LogP contribution in [0.5, 0.6) is 0 Å². The van der Waals surface area contributed by atoms with Gasteiger partial charge in [0, 0.05) is 19.3 Å². The third-order valence-electron chi connectivity index (χ3n) is 3.28. The zero-order valence-electron chi connectivity index (χ0n) is 11.2. The lowest BCUT2D eigenvalue weighted by Crippen LogP contribution is -2.03. The molecule has 0 aromatic carbocycles. The van der Waals surface area contributed by atoms with Crippen LogP contribution in [0.1, 0.15) is 22.6 Å². The van der Waals surface area contributed by atoms with Gasteiger partial charge in [-0.1, -0.05) is 11.6 Å². The molecule has 0 atom stereocenters. The normalized spacial score (nSPS) is 10.3. The standard InChI is InChI=1S/C14H15ClN4/c1-9-13(4-5-14(15)18-9)17-8-11-6-12(7-16)19(3)10(11)2/h4-6,17H,8H2,1-3H3. The van der Waals surface area contributed by atoms with E-state index in [1.54, 1.807) is 6.07 Å². The van der Waals surface area contributed by atoms with E-state index >= 15 is 0 Å². The van der Waals surface area contributed by atoms with Crippen molar-refractivity contribution >= 4 is 17.3 Å². The molecule has 0 aliphatic carbocycles. The molecule has 2 aromatic rings. The van der Waals surface area contributed by atoms with Gasteiger partial charge in [0.15, 0.2) is 0 Å². The van der Waals surface area contributed by atoms with Gasteiger partial charge in [0.05, 0.1) is 11.4 Å². The molecule has 2 heterocycles. The first kappa shape index (κ1) is 13.4. The summed E-state index contributed by atoms with van der Waals surface area (Å²) in [5.74, 6) is 0. The van der Waals surface area contributed by atoms with E-state index in [9.17, 15) is 0 Å². The van der Waals surface area contributed by atoms with Crippen LogP contribution in [0.25, 0.3) is 0 Å². The second kappa shape index (κ2) is 5.33. The van der Waals surface area contributed by atoms with Crippen LogP contribution in [-0.2, 0) is 13.6 Å². The van der Waals surface area contributed by atoms with Crippen LogP contribution in [0.15, 0.2) is 18.2 Å². The summed E-state index contributed by atoms with van der Waals surface area (Å²) in [6.45, 7) is 4.57. The average Bonchev–Trinajstić information content (AvgIpc) is 2.65. The van der Waals surface area contributed by atoms with Crippen molar-refractivity contribution in [2.45, 2.75) is 20.4 Å². The van der Waals surface area contributed by atoms with E-state index in [-0.39, 0.29) is 0 Å². The lowest BCUT2D eigenvalue weighted by Gasteiger charge is -2.09. The fourth-order valence-electron chi connectivity index (χ4n) is 1.96. The number of hydrogen-bond donors (Lipinski definition) is 1. The number of hydrogen-bond acceptors (Lipinski definition) is 3. The number of halogens is 1. The Morgan fingerprint density at radius 3 is 2.74 bits per heavy atom. The Labute approximate surface area is 117 Å². The Hall–Kier alpha value is -1.99. The van der Waals surface area contributed by atoms with Crippen molar-refractivity contribution < 1.29 is 0 Å². The van der Waals surface area contributed by atoms with Crippen LogP contribution >= 0.6 is 11.6 Å². The van der Waals surface area contributed by atoms with Crippen LogP contribution in [0, 0.1) is 25.2 Å². The molecule has 0 radical (unpaired) electrons. The number of aromatic nitrogens is 2. The highest BCUT2D eigenvalue weighted by molar-refractivity contribution is 6.29. The first-order chi connectivity index (χ1) is 9.02. The molecule has 0 aliphatic rings. The smallest absolute Gasteiger partial charge is 0.129 e. The molecular formula is C14H15ClN4. The molecule has 0 spiro atoms. The fourth-order valence-corrected chi connectivity index (χ4v) is 2.15. The number of nitriles is 1. The minimum atomic E-state index is 0.491. The van der Waals surface area contributed by atoms with Crippen molar-refractivity contribution in [3.8, 4) is 6.07 Å². The van der Waals surface area contributed by atoms with Crippen molar-refractivity contribution in [3.05, 3.63) is 46.0 Å². The highest BCUT2D eigenvalue weighted by atomic mass is 35.5. The summed E-state index contributed by atoms with van der Waals surface area (Å²) in [5.41, 5.74) is 4.67. The summed E-state index contributed by atoms with van der Waals surface area (Å²) in [4.78, 5) is 4.19. The van der Waals surface area contributed by atoms with Crippen molar-refractivity contribution in [3.63, 3.8) is 0 Å². The van der Waals surface area contributed by atoms with Gasteiger partial charge in [0.1, 0.15) is 16.9 Å². The Morgan fingerprint density at radius 2 is 2.16 bits per heavy atom. The Kier molecular flexibility index (Phi) is 3.77. The number of aryl methyl sites for hydroxylation is 1. The minimum absolute atomic E-state index is 0.491. The van der Waals surface area contributed by atoms with E-state index in [1.807, 2.05) is 37.6 Å². The van der Waals surface area contributed by atoms with Gasteiger partial charge in [-0.25, -0.2) is 4.98 Å². The van der Waals surface area contributed by atoms with Crippen molar-refractivity contribution in [1.29, 1.82) is 5.26 Å². The maximum Gasteiger partial charge on any atom is 0.129 e. The average molecular weight is 275 g/mol. The van der Waals surface area contributed by atoms with E-state index in [4.69, 9.17) is 16.9 Å². The molecule has 1 N–H and O–H groups in total. The summed E-state index contributed by atoms with van der Waals surface area (Å²) in [6, 6.07) is 7.75. The second-order valence-corrected chi connectivity index (χ2v) is 4.82. The topological polar surface area (TPSA) is 53.6 Å². The summed E-state index contributed by atoms with van der Waals surface area (Å²) >= 11 is 5.82. The van der Waals surface area contributed by atoms with Gasteiger partial charge < -0.3 is 9.88 Å². The zero-order chi connectivity index (χ0) is 14.0. The Morgan fingerprint density at radius 1 is 1.42 bits per heavy atom. The number of rotatable bonds is 3. The zero-order valence-corrected chi connectivity index (χ0v) is 11.9. The molecule has 0 aliphatic heterocycles. The molecule has 19 heavy (non-hydrogen) atoms. The molecule has 0 unspecified atom stereocenters. The molecule has 0 saturated carbocycles. The van der Waals surface area contributed by atoms with Crippen LogP contribution < -0.4 is 5.32 Å². The summed E-state index contributed by atoms with van der Waals surface area (Å²) in [7, 11) is 1.90. The van der Waals surface area contributed by atoms with Gasteiger partial charge >= 0.3 is 0 Å². The van der Waals surface area contributed by atoms with Crippen LogP contribution in [0.3, 0.4) is 0 Å². The van der Waals surface area contributed by atoms with E-state index < -0.39 is 0 Å². The lowest BCUT2D eigenvalue weighted by molar-refractivity contribution is 0.856. The summed E-state index contributed by atoms with van der Waals surface area (Å²) in [6.07, 6.45) is 0. The molecule has 0 bridgehead atoms. The van der Waals surface area contributed by atoms with Gasteiger partial charge in [-0.15, -0.1) is 0 Å². The molecule has 0 fully saturated rings. The van der Waals surface area contributed by atoms with Crippen molar-refractivity contribution in [2.24, 2.45) is 7.05 Å². The second-order valence-electron chi connectivity index (χ2n) is 4.43. The molecular weight excluding hydrogens is 260 g/mol. The quantitative estimate of drug-likeness (QED) is 0.875. The summed E-state index contributed by atoms with van der Waals surface area (Å²) in [5, 5.41) is 12.8. The summed E-state index contributed by atoms with van der Waals surface area (Å²) < 4.78 is 1.89. The number of pyridine rings is 1. The third kappa shape index (κ3) is 2.72. The van der Waals surface area contributed by atoms with E-state index in [0.717, 1.165) is 22.6 Å². The van der Waals surface area contributed by atoms with Crippen molar-refractivity contribution in [1.82, 2.24) is 9.55 Å². The fraction of sp³-hybridized carbons (Fsp3) is 0.286. The predicted octanol–water partition coefficient (Wildman–Crippen LogP) is 3.17. The van der Waals surface area contributed by atoms with Gasteiger partial charge in [-0.2, -0.15) is 5.26 Å². The number of nitrogens with zero attached hydrogens (tertiary/aromatic N) is 3. The monoisotopic (exact) mass is 274 g/mol. The highest BCUT2D eigenvalue weighted by Crippen LogP contribution is 2.19. The molecule has 0 amide bonds. The predicted molar refractivity (Wildman–Crippen MR) is 76.2 cm³/mol. The molecule has 98 valence electrons. The molecule has 2 rings (SSSR count). The van der Waals surface area contributed by atoms with Gasteiger partial charge in [-0.05, 0) is 37.6 Å². The van der Waals surface area contributed by atoms with Crippen LogP contribution in [0.2, 0.25) is 5.15 Å². The third-order valence-corrected chi connectivity index (χ3v) is 3.49. The Balaban J connectivity index is 2.17. The van der Waals surface area contributed by atoms with Gasteiger partial charge in [-0.3, -0.25) is 0 Å². The largest absolute Gasteiger partial charge is 0.379 e. The molecule has 4 nitrogen and oxygen atoms in total. The van der Waals surface area contributed by atoms with Crippen LogP contribution in [0.4, 0.5) is 5.69 Å². The maximum absolute atomic E-state index is 9.00. The first-order valence-corrected chi connectivity index (χ1v) is 6.33. The van der Waals surface area contributed by atoms with E-state index in [0.29, 0.717) is 17.4 Å². The lowest BCUT2D eigenvalue weighted by atomic mass is 10.2. The first-order valence-electron chi connectivity index (χ1n) is 5.95. The van der Waals surface area contributed by atoms with E-state index in [2.05, 4.69) is 16.4 Å². The number of anilines is 1. The van der Waals surface area contributed by atoms with Gasteiger partial charge in [0.2, 0.25) is 0 Å². The maximum atomic E-state index is 9.00. The SMILES string of the molecule is Cc1nc(Cl)ccc1NCc1cc(C#N)n(C)c1C. The molecule has 0 saturated heterocycles. The van der Waals surface area contributed by atoms with Crippen molar-refractivity contribution in [2.75, 3.05) is 5.32 Å². The van der Waals surface area contributed by atoms with Gasteiger partial charge in [0.25, 0.3) is 0 Å². The Bertz CT molecular complexity index is 652. The van der Waals surface area contributed by atoms with E-state index in [1.165, 1.54) is 0 Å². The molecule has 2 aromatic heterocycles. The molecule has 5 heteroatoms. The number of nitrogens with one attached hydrogen (secondary N) is 1. The minimum Gasteiger partial charge on any atom is -0.379 e.